The van der Waals surface area contributed by atoms with E-state index in [4.69, 9.17) is 4.74 Å². The third-order valence-corrected chi connectivity index (χ3v) is 7.13. The number of benzene rings is 2. The molecule has 1 aliphatic heterocycles. The van der Waals surface area contributed by atoms with E-state index in [0.29, 0.717) is 23.7 Å². The van der Waals surface area contributed by atoms with E-state index in [0.717, 1.165) is 16.7 Å². The van der Waals surface area contributed by atoms with Gasteiger partial charge in [-0.1, -0.05) is 48.5 Å². The van der Waals surface area contributed by atoms with Gasteiger partial charge in [0, 0.05) is 11.6 Å². The van der Waals surface area contributed by atoms with Crippen LogP contribution in [0.3, 0.4) is 0 Å². The molecule has 1 fully saturated rings. The first-order chi connectivity index (χ1) is 14.8. The molecule has 1 atom stereocenters. The van der Waals surface area contributed by atoms with Crippen LogP contribution in [0.25, 0.3) is 11.3 Å². The predicted octanol–water partition coefficient (Wildman–Crippen LogP) is 3.54. The number of rotatable bonds is 6. The molecule has 0 spiro atoms. The topological polar surface area (TPSA) is 90.3 Å². The standard InChI is InChI=1S/C23H25N3O4S/c1-16-7-6-8-17(2)23(16)30-14-22(27)24-21-13-20(18-9-4-3-5-10-18)25-26(21)19-11-12-31(28,29)15-19/h3-10,13,19H,11-12,14-15H2,1-2H3,(H,24,27). The Hall–Kier alpha value is -3.13. The van der Waals surface area contributed by atoms with Gasteiger partial charge in [0.25, 0.3) is 5.91 Å². The lowest BCUT2D eigenvalue weighted by Crippen LogP contribution is -2.24. The number of carbonyl (C=O) groups excluding carboxylic acids is 1. The van der Waals surface area contributed by atoms with Gasteiger partial charge in [-0.25, -0.2) is 13.1 Å². The molecule has 1 unspecified atom stereocenters. The fourth-order valence-corrected chi connectivity index (χ4v) is 5.52. The molecule has 31 heavy (non-hydrogen) atoms. The van der Waals surface area contributed by atoms with Crippen LogP contribution in [0, 0.1) is 13.8 Å². The number of amides is 1. The highest BCUT2D eigenvalue weighted by Gasteiger charge is 2.31. The second-order valence-electron chi connectivity index (χ2n) is 7.84. The summed E-state index contributed by atoms with van der Waals surface area (Å²) >= 11 is 0. The fraction of sp³-hybridized carbons (Fsp3) is 0.304. The van der Waals surface area contributed by atoms with E-state index in [2.05, 4.69) is 10.4 Å². The van der Waals surface area contributed by atoms with Gasteiger partial charge in [-0.3, -0.25) is 4.79 Å². The molecule has 0 bridgehead atoms. The minimum Gasteiger partial charge on any atom is -0.483 e. The number of ether oxygens (including phenoxy) is 1. The lowest BCUT2D eigenvalue weighted by Gasteiger charge is -2.15. The molecule has 1 amide bonds. The molecular weight excluding hydrogens is 414 g/mol. The molecule has 2 heterocycles. The van der Waals surface area contributed by atoms with E-state index < -0.39 is 9.84 Å². The molecule has 0 aliphatic carbocycles. The van der Waals surface area contributed by atoms with Gasteiger partial charge in [-0.05, 0) is 31.4 Å². The van der Waals surface area contributed by atoms with Crippen LogP contribution in [-0.2, 0) is 14.6 Å². The SMILES string of the molecule is Cc1cccc(C)c1OCC(=O)Nc1cc(-c2ccccc2)nn1C1CCS(=O)(=O)C1. The summed E-state index contributed by atoms with van der Waals surface area (Å²) < 4.78 is 31.4. The average Bonchev–Trinajstić information content (AvgIpc) is 3.31. The van der Waals surface area contributed by atoms with E-state index in [1.165, 1.54) is 0 Å². The van der Waals surface area contributed by atoms with Crippen molar-refractivity contribution in [3.05, 3.63) is 65.7 Å². The zero-order valence-corrected chi connectivity index (χ0v) is 18.4. The number of aromatic nitrogens is 2. The van der Waals surface area contributed by atoms with Crippen LogP contribution in [0.1, 0.15) is 23.6 Å². The summed E-state index contributed by atoms with van der Waals surface area (Å²) in [6.45, 7) is 3.71. The van der Waals surface area contributed by atoms with E-state index in [1.54, 1.807) is 10.7 Å². The summed E-state index contributed by atoms with van der Waals surface area (Å²) in [5.74, 6) is 0.977. The monoisotopic (exact) mass is 439 g/mol. The molecular formula is C23H25N3O4S. The molecule has 3 aromatic rings. The first kappa shape index (κ1) is 21.1. The van der Waals surface area contributed by atoms with Crippen molar-refractivity contribution in [2.75, 3.05) is 23.4 Å². The van der Waals surface area contributed by atoms with Crippen LogP contribution in [0.4, 0.5) is 5.82 Å². The largest absolute Gasteiger partial charge is 0.483 e. The number of hydrogen-bond donors (Lipinski definition) is 1. The van der Waals surface area contributed by atoms with Crippen LogP contribution in [-0.4, -0.2) is 42.2 Å². The highest BCUT2D eigenvalue weighted by atomic mass is 32.2. The molecule has 0 saturated carbocycles. The number of para-hydroxylation sites is 1. The zero-order chi connectivity index (χ0) is 22.0. The maximum absolute atomic E-state index is 12.7. The Kier molecular flexibility index (Phi) is 5.82. The van der Waals surface area contributed by atoms with Gasteiger partial charge in [-0.15, -0.1) is 0 Å². The van der Waals surface area contributed by atoms with E-state index in [9.17, 15) is 13.2 Å². The van der Waals surface area contributed by atoms with Crippen LogP contribution < -0.4 is 10.1 Å². The second kappa shape index (κ2) is 8.55. The molecule has 1 aliphatic rings. The molecule has 0 radical (unpaired) electrons. The van der Waals surface area contributed by atoms with Crippen molar-refractivity contribution in [2.45, 2.75) is 26.3 Å². The third-order valence-electron chi connectivity index (χ3n) is 5.38. The van der Waals surface area contributed by atoms with Gasteiger partial charge < -0.3 is 10.1 Å². The van der Waals surface area contributed by atoms with Crippen LogP contribution in [0.2, 0.25) is 0 Å². The van der Waals surface area contributed by atoms with Crippen molar-refractivity contribution in [3.63, 3.8) is 0 Å². The Morgan fingerprint density at radius 2 is 1.84 bits per heavy atom. The number of anilines is 1. The minimum atomic E-state index is -3.10. The number of aryl methyl sites for hydroxylation is 2. The number of nitrogens with zero attached hydrogens (tertiary/aromatic N) is 2. The maximum Gasteiger partial charge on any atom is 0.263 e. The van der Waals surface area contributed by atoms with Gasteiger partial charge in [0.05, 0.1) is 23.2 Å². The first-order valence-electron chi connectivity index (χ1n) is 10.2. The fourth-order valence-electron chi connectivity index (χ4n) is 3.83. The lowest BCUT2D eigenvalue weighted by atomic mass is 10.1. The molecule has 8 heteroatoms. The summed E-state index contributed by atoms with van der Waals surface area (Å²) in [5, 5.41) is 7.48. The van der Waals surface area contributed by atoms with Crippen molar-refractivity contribution in [3.8, 4) is 17.0 Å². The zero-order valence-electron chi connectivity index (χ0n) is 17.5. The Morgan fingerprint density at radius 1 is 1.13 bits per heavy atom. The van der Waals surface area contributed by atoms with E-state index in [1.807, 2.05) is 62.4 Å². The molecule has 1 aromatic heterocycles. The first-order valence-corrected chi connectivity index (χ1v) is 12.0. The quantitative estimate of drug-likeness (QED) is 0.634. The van der Waals surface area contributed by atoms with Crippen molar-refractivity contribution >= 4 is 21.6 Å². The normalized spacial score (nSPS) is 17.4. The lowest BCUT2D eigenvalue weighted by molar-refractivity contribution is -0.118. The van der Waals surface area contributed by atoms with Crippen molar-refractivity contribution in [1.29, 1.82) is 0 Å². The summed E-state index contributed by atoms with van der Waals surface area (Å²) in [7, 11) is -3.10. The number of nitrogens with one attached hydrogen (secondary N) is 1. The Bertz CT molecular complexity index is 1180. The van der Waals surface area contributed by atoms with Gasteiger partial charge in [-0.2, -0.15) is 5.10 Å². The Labute approximate surface area is 182 Å². The Morgan fingerprint density at radius 3 is 2.48 bits per heavy atom. The molecule has 1 N–H and O–H groups in total. The van der Waals surface area contributed by atoms with Crippen molar-refractivity contribution < 1.29 is 17.9 Å². The van der Waals surface area contributed by atoms with Crippen molar-refractivity contribution in [1.82, 2.24) is 9.78 Å². The van der Waals surface area contributed by atoms with Crippen LogP contribution >= 0.6 is 0 Å². The smallest absolute Gasteiger partial charge is 0.263 e. The van der Waals surface area contributed by atoms with Crippen LogP contribution in [0.5, 0.6) is 5.75 Å². The summed E-state index contributed by atoms with van der Waals surface area (Å²) in [6.07, 6.45) is 0.472. The average molecular weight is 440 g/mol. The second-order valence-corrected chi connectivity index (χ2v) is 10.1. The number of carbonyl (C=O) groups is 1. The molecule has 7 nitrogen and oxygen atoms in total. The summed E-state index contributed by atoms with van der Waals surface area (Å²) in [6, 6.07) is 16.9. The van der Waals surface area contributed by atoms with Gasteiger partial charge in [0.15, 0.2) is 16.4 Å². The summed E-state index contributed by atoms with van der Waals surface area (Å²) in [5.41, 5.74) is 3.49. The summed E-state index contributed by atoms with van der Waals surface area (Å²) in [4.78, 5) is 12.7. The third kappa shape index (κ3) is 4.80. The maximum atomic E-state index is 12.7. The van der Waals surface area contributed by atoms with Crippen molar-refractivity contribution in [2.24, 2.45) is 0 Å². The highest BCUT2D eigenvalue weighted by molar-refractivity contribution is 7.91. The van der Waals surface area contributed by atoms with Gasteiger partial charge in [0.2, 0.25) is 0 Å². The van der Waals surface area contributed by atoms with Gasteiger partial charge >= 0.3 is 0 Å². The molecule has 1 saturated heterocycles. The van der Waals surface area contributed by atoms with E-state index >= 15 is 0 Å². The molecule has 4 rings (SSSR count). The van der Waals surface area contributed by atoms with Gasteiger partial charge in [0.1, 0.15) is 11.6 Å². The highest BCUT2D eigenvalue weighted by Crippen LogP contribution is 2.30. The Balaban J connectivity index is 1.56. The molecule has 2 aromatic carbocycles. The van der Waals surface area contributed by atoms with E-state index in [-0.39, 0.29) is 30.1 Å². The number of sulfone groups is 1. The van der Waals surface area contributed by atoms with Crippen LogP contribution in [0.15, 0.2) is 54.6 Å². The molecule has 162 valence electrons. The predicted molar refractivity (Wildman–Crippen MR) is 120 cm³/mol. The number of hydrogen-bond acceptors (Lipinski definition) is 5. The minimum absolute atomic E-state index is 0.0185.